The largest absolute Gasteiger partial charge is 0.508 e. The van der Waals surface area contributed by atoms with E-state index in [9.17, 15) is 9.90 Å². The van der Waals surface area contributed by atoms with Gasteiger partial charge in [-0.25, -0.2) is 4.79 Å². The Labute approximate surface area is 181 Å². The van der Waals surface area contributed by atoms with Crippen LogP contribution in [0.5, 0.6) is 11.5 Å². The molecular formula is C25H26O4S. The van der Waals surface area contributed by atoms with E-state index in [1.165, 1.54) is 5.56 Å². The molecule has 3 aromatic rings. The zero-order valence-electron chi connectivity index (χ0n) is 17.3. The summed E-state index contributed by atoms with van der Waals surface area (Å²) in [5.41, 5.74) is 4.35. The minimum Gasteiger partial charge on any atom is -0.508 e. The topological polar surface area (TPSA) is 55.8 Å². The van der Waals surface area contributed by atoms with Gasteiger partial charge in [0, 0.05) is 10.6 Å². The Bertz CT molecular complexity index is 986. The van der Waals surface area contributed by atoms with Crippen molar-refractivity contribution in [2.75, 3.05) is 13.2 Å². The first-order valence-electron chi connectivity index (χ1n) is 9.91. The number of hydrogen-bond donors (Lipinski definition) is 1. The number of thioether (sulfide) groups is 1. The summed E-state index contributed by atoms with van der Waals surface area (Å²) in [5, 5.41) is 10.1. The highest BCUT2D eigenvalue weighted by Crippen LogP contribution is 2.29. The van der Waals surface area contributed by atoms with Gasteiger partial charge in [0.05, 0.1) is 6.61 Å². The van der Waals surface area contributed by atoms with Crippen LogP contribution in [0.1, 0.15) is 29.2 Å². The lowest BCUT2D eigenvalue weighted by Crippen LogP contribution is -2.14. The van der Waals surface area contributed by atoms with Crippen LogP contribution in [-0.2, 0) is 21.7 Å². The Morgan fingerprint density at radius 3 is 2.47 bits per heavy atom. The molecule has 0 saturated heterocycles. The van der Waals surface area contributed by atoms with Crippen molar-refractivity contribution < 1.29 is 19.4 Å². The normalized spacial score (nSPS) is 10.6. The van der Waals surface area contributed by atoms with E-state index in [-0.39, 0.29) is 18.3 Å². The molecule has 0 radical (unpaired) electrons. The number of phenols is 1. The Kier molecular flexibility index (Phi) is 7.80. The minimum absolute atomic E-state index is 0.0886. The Morgan fingerprint density at radius 1 is 0.967 bits per heavy atom. The minimum atomic E-state index is -0.370. The number of hydrogen-bond acceptors (Lipinski definition) is 5. The molecular weight excluding hydrogens is 396 g/mol. The average Bonchev–Trinajstić information content (AvgIpc) is 2.72. The molecule has 0 heterocycles. The fraction of sp³-hybridized carbons (Fsp3) is 0.240. The van der Waals surface area contributed by atoms with Crippen LogP contribution in [0.2, 0.25) is 0 Å². The molecule has 0 unspecified atom stereocenters. The molecule has 4 nitrogen and oxygen atoms in total. The van der Waals surface area contributed by atoms with E-state index in [1.807, 2.05) is 55.5 Å². The molecule has 0 amide bonds. The molecule has 0 saturated carbocycles. The van der Waals surface area contributed by atoms with Crippen molar-refractivity contribution in [2.45, 2.75) is 30.9 Å². The van der Waals surface area contributed by atoms with Gasteiger partial charge in [0.15, 0.2) is 6.61 Å². The summed E-state index contributed by atoms with van der Waals surface area (Å²) >= 11 is 1.69. The third kappa shape index (κ3) is 6.56. The predicted molar refractivity (Wildman–Crippen MR) is 120 cm³/mol. The molecule has 0 aliphatic heterocycles. The first-order valence-corrected chi connectivity index (χ1v) is 10.9. The van der Waals surface area contributed by atoms with Crippen LogP contribution in [0.15, 0.2) is 71.6 Å². The van der Waals surface area contributed by atoms with E-state index in [4.69, 9.17) is 9.47 Å². The van der Waals surface area contributed by atoms with Gasteiger partial charge >= 0.3 is 5.97 Å². The van der Waals surface area contributed by atoms with E-state index < -0.39 is 0 Å². The summed E-state index contributed by atoms with van der Waals surface area (Å²) in [4.78, 5) is 12.6. The van der Waals surface area contributed by atoms with E-state index in [2.05, 4.69) is 18.2 Å². The summed E-state index contributed by atoms with van der Waals surface area (Å²) in [6.07, 6.45) is 0.790. The lowest BCUT2D eigenvalue weighted by Gasteiger charge is -2.11. The zero-order chi connectivity index (χ0) is 21.3. The summed E-state index contributed by atoms with van der Waals surface area (Å²) in [6.45, 7) is 3.98. The lowest BCUT2D eigenvalue weighted by atomic mass is 10.0. The van der Waals surface area contributed by atoms with Crippen molar-refractivity contribution in [1.82, 2.24) is 0 Å². The van der Waals surface area contributed by atoms with Gasteiger partial charge < -0.3 is 14.6 Å². The maximum Gasteiger partial charge on any atom is 0.344 e. The number of phenolic OH excluding ortho intramolecular Hbond substituents is 1. The molecule has 0 spiro atoms. The van der Waals surface area contributed by atoms with Gasteiger partial charge in [-0.05, 0) is 72.9 Å². The standard InChI is InChI=1S/C25H26O4S/c1-3-28-25(27)16-29-24-10-9-23(11-18(24)2)30-17-21-13-20(14-22(26)15-21)12-19-7-5-4-6-8-19/h4-11,13-15,26H,3,12,16-17H2,1-2H3. The molecule has 3 aromatic carbocycles. The number of rotatable bonds is 9. The van der Waals surface area contributed by atoms with Crippen LogP contribution in [0.3, 0.4) is 0 Å². The molecule has 0 bridgehead atoms. The fourth-order valence-corrected chi connectivity index (χ4v) is 4.06. The highest BCUT2D eigenvalue weighted by molar-refractivity contribution is 7.98. The fourth-order valence-electron chi connectivity index (χ4n) is 3.14. The number of carbonyl (C=O) groups excluding carboxylic acids is 1. The predicted octanol–water partition coefficient (Wildman–Crippen LogP) is 5.53. The molecule has 0 atom stereocenters. The van der Waals surface area contributed by atoms with E-state index in [0.717, 1.165) is 33.8 Å². The summed E-state index contributed by atoms with van der Waals surface area (Å²) in [7, 11) is 0. The van der Waals surface area contributed by atoms with E-state index in [0.29, 0.717) is 12.4 Å². The van der Waals surface area contributed by atoms with Crippen molar-refractivity contribution in [1.29, 1.82) is 0 Å². The van der Waals surface area contributed by atoms with Crippen LogP contribution in [0, 0.1) is 6.92 Å². The van der Waals surface area contributed by atoms with Crippen molar-refractivity contribution in [3.8, 4) is 11.5 Å². The molecule has 3 rings (SSSR count). The monoisotopic (exact) mass is 422 g/mol. The van der Waals surface area contributed by atoms with Gasteiger partial charge in [-0.3, -0.25) is 0 Å². The second-order valence-corrected chi connectivity index (χ2v) is 8.03. The third-order valence-electron chi connectivity index (χ3n) is 4.49. The molecule has 0 aromatic heterocycles. The maximum absolute atomic E-state index is 11.5. The number of aryl methyl sites for hydroxylation is 1. The first-order chi connectivity index (χ1) is 14.5. The van der Waals surface area contributed by atoms with Crippen molar-refractivity contribution in [3.63, 3.8) is 0 Å². The van der Waals surface area contributed by atoms with Crippen LogP contribution in [0.25, 0.3) is 0 Å². The third-order valence-corrected chi connectivity index (χ3v) is 5.56. The van der Waals surface area contributed by atoms with Crippen LogP contribution in [-0.4, -0.2) is 24.3 Å². The summed E-state index contributed by atoms with van der Waals surface area (Å²) in [6, 6.07) is 21.9. The molecule has 5 heteroatoms. The lowest BCUT2D eigenvalue weighted by molar-refractivity contribution is -0.145. The highest BCUT2D eigenvalue weighted by Gasteiger charge is 2.08. The SMILES string of the molecule is CCOC(=O)COc1ccc(SCc2cc(O)cc(Cc3ccccc3)c2)cc1C. The van der Waals surface area contributed by atoms with E-state index >= 15 is 0 Å². The Balaban J connectivity index is 1.61. The molecule has 1 N–H and O–H groups in total. The maximum atomic E-state index is 11.5. The van der Waals surface area contributed by atoms with Gasteiger partial charge in [-0.15, -0.1) is 11.8 Å². The molecule has 0 fully saturated rings. The van der Waals surface area contributed by atoms with Crippen molar-refractivity contribution >= 4 is 17.7 Å². The summed E-state index contributed by atoms with van der Waals surface area (Å²) in [5.74, 6) is 1.34. The van der Waals surface area contributed by atoms with Gasteiger partial charge in [0.25, 0.3) is 0 Å². The van der Waals surface area contributed by atoms with Gasteiger partial charge in [0.1, 0.15) is 11.5 Å². The van der Waals surface area contributed by atoms with Crippen LogP contribution >= 0.6 is 11.8 Å². The van der Waals surface area contributed by atoms with Gasteiger partial charge in [-0.1, -0.05) is 36.4 Å². The second-order valence-electron chi connectivity index (χ2n) is 6.98. The molecule has 0 aliphatic rings. The van der Waals surface area contributed by atoms with E-state index in [1.54, 1.807) is 18.7 Å². The smallest absolute Gasteiger partial charge is 0.344 e. The second kappa shape index (κ2) is 10.7. The number of esters is 1. The average molecular weight is 423 g/mol. The van der Waals surface area contributed by atoms with Gasteiger partial charge in [0.2, 0.25) is 0 Å². The highest BCUT2D eigenvalue weighted by atomic mass is 32.2. The Morgan fingerprint density at radius 2 is 1.73 bits per heavy atom. The first kappa shape index (κ1) is 21.8. The zero-order valence-corrected chi connectivity index (χ0v) is 18.1. The van der Waals surface area contributed by atoms with Crippen LogP contribution < -0.4 is 4.74 Å². The molecule has 30 heavy (non-hydrogen) atoms. The van der Waals surface area contributed by atoms with Crippen molar-refractivity contribution in [2.24, 2.45) is 0 Å². The Hall–Kier alpha value is -2.92. The number of ether oxygens (including phenoxy) is 2. The number of carbonyl (C=O) groups is 1. The quantitative estimate of drug-likeness (QED) is 0.363. The van der Waals surface area contributed by atoms with Crippen molar-refractivity contribution in [3.05, 3.63) is 89.0 Å². The molecule has 0 aliphatic carbocycles. The number of benzene rings is 3. The number of aromatic hydroxyl groups is 1. The summed E-state index contributed by atoms with van der Waals surface area (Å²) < 4.78 is 10.4. The van der Waals surface area contributed by atoms with Gasteiger partial charge in [-0.2, -0.15) is 0 Å². The molecule has 156 valence electrons. The van der Waals surface area contributed by atoms with Crippen LogP contribution in [0.4, 0.5) is 0 Å².